The van der Waals surface area contributed by atoms with Crippen LogP contribution in [0.4, 0.5) is 0 Å². The number of hydrogen-bond donors (Lipinski definition) is 1. The molecule has 3 nitrogen and oxygen atoms in total. The van der Waals surface area contributed by atoms with E-state index in [-0.39, 0.29) is 0 Å². The first-order valence-corrected chi connectivity index (χ1v) is 7.84. The molecule has 1 aromatic carbocycles. The van der Waals surface area contributed by atoms with Crippen LogP contribution in [0.2, 0.25) is 0 Å². The van der Waals surface area contributed by atoms with Crippen LogP contribution in [0.5, 0.6) is 0 Å². The number of likely N-dealkylation sites (tertiary alicyclic amines) is 1. The lowest BCUT2D eigenvalue weighted by atomic mass is 10.0. The Morgan fingerprint density at radius 2 is 2.00 bits per heavy atom. The number of ether oxygens (including phenoxy) is 1. The molecule has 3 rings (SSSR count). The zero-order valence-corrected chi connectivity index (χ0v) is 12.4. The zero-order chi connectivity index (χ0) is 13.9. The Morgan fingerprint density at radius 1 is 1.25 bits per heavy atom. The fraction of sp³-hybridized carbons (Fsp3) is 0.647. The second-order valence-electron chi connectivity index (χ2n) is 6.30. The highest BCUT2D eigenvalue weighted by Crippen LogP contribution is 2.40. The van der Waals surface area contributed by atoms with Crippen LogP contribution in [0, 0.1) is 5.92 Å². The summed E-state index contributed by atoms with van der Waals surface area (Å²) in [5.74, 6) is 1.50. The van der Waals surface area contributed by atoms with Gasteiger partial charge in [0.1, 0.15) is 0 Å². The molecule has 1 heterocycles. The van der Waals surface area contributed by atoms with Gasteiger partial charge in [-0.2, -0.15) is 0 Å². The fourth-order valence-corrected chi connectivity index (χ4v) is 3.42. The Hall–Kier alpha value is -0.900. The summed E-state index contributed by atoms with van der Waals surface area (Å²) in [5, 5.41) is 0. The van der Waals surface area contributed by atoms with Gasteiger partial charge in [-0.25, -0.2) is 0 Å². The molecule has 2 fully saturated rings. The predicted octanol–water partition coefficient (Wildman–Crippen LogP) is 2.53. The molecule has 20 heavy (non-hydrogen) atoms. The van der Waals surface area contributed by atoms with Gasteiger partial charge < -0.3 is 10.5 Å². The zero-order valence-electron chi connectivity index (χ0n) is 12.4. The Morgan fingerprint density at radius 3 is 2.60 bits per heavy atom. The van der Waals surface area contributed by atoms with Gasteiger partial charge in [-0.15, -0.1) is 0 Å². The summed E-state index contributed by atoms with van der Waals surface area (Å²) in [6.07, 6.45) is 3.96. The topological polar surface area (TPSA) is 38.5 Å². The van der Waals surface area contributed by atoms with E-state index in [1.165, 1.54) is 30.4 Å². The molecule has 1 aliphatic heterocycles. The monoisotopic (exact) mass is 274 g/mol. The van der Waals surface area contributed by atoms with Gasteiger partial charge in [0.15, 0.2) is 0 Å². The van der Waals surface area contributed by atoms with Crippen LogP contribution in [0.3, 0.4) is 0 Å². The summed E-state index contributed by atoms with van der Waals surface area (Å²) in [4.78, 5) is 2.52. The summed E-state index contributed by atoms with van der Waals surface area (Å²) in [6.45, 7) is 3.82. The standard InChI is InChI=1S/C17H26N2O/c1-20-12-13-8-9-19(11-13)17(10-18)16-6-4-15(5-7-16)14-2-3-14/h4-7,13-14,17H,2-3,8-12,18H2,1H3. The fourth-order valence-electron chi connectivity index (χ4n) is 3.42. The van der Waals surface area contributed by atoms with Crippen molar-refractivity contribution < 1.29 is 4.74 Å². The van der Waals surface area contributed by atoms with E-state index in [1.807, 2.05) is 0 Å². The highest BCUT2D eigenvalue weighted by molar-refractivity contribution is 5.30. The molecule has 1 aliphatic carbocycles. The molecule has 0 amide bonds. The maximum Gasteiger partial charge on any atom is 0.0503 e. The molecule has 1 saturated carbocycles. The second kappa shape index (κ2) is 6.25. The average Bonchev–Trinajstić information content (AvgIpc) is 3.22. The molecule has 3 heteroatoms. The normalized spacial score (nSPS) is 25.0. The average molecular weight is 274 g/mol. The summed E-state index contributed by atoms with van der Waals surface area (Å²) in [5.41, 5.74) is 8.91. The molecular formula is C17H26N2O. The third-order valence-electron chi connectivity index (χ3n) is 4.75. The number of nitrogens with two attached hydrogens (primary N) is 1. The maximum atomic E-state index is 6.04. The van der Waals surface area contributed by atoms with Crippen molar-refractivity contribution in [2.75, 3.05) is 33.4 Å². The summed E-state index contributed by atoms with van der Waals surface area (Å²) >= 11 is 0. The first-order chi connectivity index (χ1) is 9.81. The first-order valence-electron chi connectivity index (χ1n) is 7.84. The lowest BCUT2D eigenvalue weighted by Crippen LogP contribution is -2.32. The van der Waals surface area contributed by atoms with Crippen LogP contribution in [0.25, 0.3) is 0 Å². The SMILES string of the molecule is COCC1CCN(C(CN)c2ccc(C3CC3)cc2)C1. The van der Waals surface area contributed by atoms with Crippen LogP contribution < -0.4 is 5.73 Å². The molecule has 0 spiro atoms. The van der Waals surface area contributed by atoms with Gasteiger partial charge in [0.2, 0.25) is 0 Å². The van der Waals surface area contributed by atoms with Crippen molar-refractivity contribution in [2.24, 2.45) is 11.7 Å². The van der Waals surface area contributed by atoms with Gasteiger partial charge in [0.05, 0.1) is 6.61 Å². The van der Waals surface area contributed by atoms with Crippen molar-refractivity contribution in [3.05, 3.63) is 35.4 Å². The van der Waals surface area contributed by atoms with Crippen molar-refractivity contribution in [3.8, 4) is 0 Å². The lowest BCUT2D eigenvalue weighted by Gasteiger charge is -2.27. The second-order valence-corrected chi connectivity index (χ2v) is 6.30. The van der Waals surface area contributed by atoms with Gasteiger partial charge in [0, 0.05) is 26.2 Å². The van der Waals surface area contributed by atoms with E-state index in [9.17, 15) is 0 Å². The van der Waals surface area contributed by atoms with Crippen molar-refractivity contribution in [1.82, 2.24) is 4.90 Å². The summed E-state index contributed by atoms with van der Waals surface area (Å²) in [7, 11) is 1.79. The van der Waals surface area contributed by atoms with Crippen molar-refractivity contribution in [1.29, 1.82) is 0 Å². The molecule has 110 valence electrons. The highest BCUT2D eigenvalue weighted by atomic mass is 16.5. The molecule has 1 saturated heterocycles. The third kappa shape index (κ3) is 3.05. The molecule has 2 atom stereocenters. The van der Waals surface area contributed by atoms with E-state index in [0.29, 0.717) is 18.5 Å². The minimum absolute atomic E-state index is 0.366. The Bertz CT molecular complexity index is 427. The van der Waals surface area contributed by atoms with E-state index in [4.69, 9.17) is 10.5 Å². The van der Waals surface area contributed by atoms with Crippen molar-refractivity contribution in [2.45, 2.75) is 31.2 Å². The van der Waals surface area contributed by atoms with Gasteiger partial charge in [-0.3, -0.25) is 4.90 Å². The van der Waals surface area contributed by atoms with Crippen LogP contribution in [-0.2, 0) is 4.74 Å². The number of methoxy groups -OCH3 is 1. The van der Waals surface area contributed by atoms with Crippen LogP contribution in [0.1, 0.15) is 42.3 Å². The lowest BCUT2D eigenvalue weighted by molar-refractivity contribution is 0.147. The van der Waals surface area contributed by atoms with E-state index >= 15 is 0 Å². The Labute approximate surface area is 122 Å². The van der Waals surface area contributed by atoms with E-state index in [1.54, 1.807) is 7.11 Å². The minimum atomic E-state index is 0.366. The molecule has 0 radical (unpaired) electrons. The molecule has 0 aromatic heterocycles. The Balaban J connectivity index is 1.66. The van der Waals surface area contributed by atoms with Gasteiger partial charge in [0.25, 0.3) is 0 Å². The molecule has 0 bridgehead atoms. The van der Waals surface area contributed by atoms with Crippen LogP contribution in [-0.4, -0.2) is 38.3 Å². The molecule has 2 N–H and O–H groups in total. The van der Waals surface area contributed by atoms with Crippen LogP contribution in [0.15, 0.2) is 24.3 Å². The largest absolute Gasteiger partial charge is 0.384 e. The minimum Gasteiger partial charge on any atom is -0.384 e. The number of nitrogens with zero attached hydrogens (tertiary/aromatic N) is 1. The summed E-state index contributed by atoms with van der Waals surface area (Å²) < 4.78 is 5.28. The highest BCUT2D eigenvalue weighted by Gasteiger charge is 2.29. The van der Waals surface area contributed by atoms with E-state index < -0.39 is 0 Å². The quantitative estimate of drug-likeness (QED) is 0.866. The summed E-state index contributed by atoms with van der Waals surface area (Å²) in [6, 6.07) is 9.55. The molecule has 2 unspecified atom stereocenters. The molecular weight excluding hydrogens is 248 g/mol. The molecule has 1 aromatic rings. The maximum absolute atomic E-state index is 6.04. The van der Waals surface area contributed by atoms with Gasteiger partial charge in [-0.1, -0.05) is 24.3 Å². The third-order valence-corrected chi connectivity index (χ3v) is 4.75. The van der Waals surface area contributed by atoms with Gasteiger partial charge >= 0.3 is 0 Å². The van der Waals surface area contributed by atoms with E-state index in [0.717, 1.165) is 25.6 Å². The first kappa shape index (κ1) is 14.1. The predicted molar refractivity (Wildman–Crippen MR) is 81.8 cm³/mol. The van der Waals surface area contributed by atoms with E-state index in [2.05, 4.69) is 29.2 Å². The molecule has 2 aliphatic rings. The number of benzene rings is 1. The smallest absolute Gasteiger partial charge is 0.0503 e. The number of hydrogen-bond acceptors (Lipinski definition) is 3. The van der Waals surface area contributed by atoms with Crippen LogP contribution >= 0.6 is 0 Å². The van der Waals surface area contributed by atoms with Crippen molar-refractivity contribution >= 4 is 0 Å². The van der Waals surface area contributed by atoms with Gasteiger partial charge in [-0.05, 0) is 48.8 Å². The number of rotatable bonds is 6. The van der Waals surface area contributed by atoms with Crippen molar-refractivity contribution in [3.63, 3.8) is 0 Å². The Kier molecular flexibility index (Phi) is 4.39.